The SMILES string of the molecule is CCC(Oc1ccccc1)C(=O)NCCCOC. The number of methoxy groups -OCH3 is 1. The summed E-state index contributed by atoms with van der Waals surface area (Å²) in [5.41, 5.74) is 0. The first-order chi connectivity index (χ1) is 8.77. The Morgan fingerprint density at radius 2 is 2.06 bits per heavy atom. The van der Waals surface area contributed by atoms with Gasteiger partial charge in [0.05, 0.1) is 0 Å². The Hall–Kier alpha value is -1.55. The van der Waals surface area contributed by atoms with Crippen LogP contribution in [0.5, 0.6) is 5.75 Å². The molecule has 0 aliphatic carbocycles. The van der Waals surface area contributed by atoms with Gasteiger partial charge in [0, 0.05) is 20.3 Å². The third-order valence-corrected chi connectivity index (χ3v) is 2.51. The van der Waals surface area contributed by atoms with E-state index < -0.39 is 6.10 Å². The number of para-hydroxylation sites is 1. The van der Waals surface area contributed by atoms with Crippen LogP contribution in [0.25, 0.3) is 0 Å². The van der Waals surface area contributed by atoms with Crippen LogP contribution in [0.4, 0.5) is 0 Å². The van der Waals surface area contributed by atoms with E-state index in [-0.39, 0.29) is 5.91 Å². The molecule has 1 N–H and O–H groups in total. The predicted octanol–water partition coefficient (Wildman–Crippen LogP) is 2.00. The summed E-state index contributed by atoms with van der Waals surface area (Å²) in [6.45, 7) is 3.19. The van der Waals surface area contributed by atoms with Gasteiger partial charge in [0.1, 0.15) is 5.75 Å². The van der Waals surface area contributed by atoms with E-state index in [1.54, 1.807) is 7.11 Å². The molecule has 0 spiro atoms. The van der Waals surface area contributed by atoms with Crippen LogP contribution in [0.2, 0.25) is 0 Å². The number of carbonyl (C=O) groups excluding carboxylic acids is 1. The van der Waals surface area contributed by atoms with Gasteiger partial charge in [0.25, 0.3) is 5.91 Å². The number of hydrogen-bond donors (Lipinski definition) is 1. The molecule has 4 heteroatoms. The summed E-state index contributed by atoms with van der Waals surface area (Å²) in [5, 5.41) is 2.84. The van der Waals surface area contributed by atoms with Crippen LogP contribution in [-0.4, -0.2) is 32.3 Å². The van der Waals surface area contributed by atoms with Gasteiger partial charge in [-0.25, -0.2) is 0 Å². The molecule has 0 saturated heterocycles. The Balaban J connectivity index is 2.38. The molecule has 18 heavy (non-hydrogen) atoms. The lowest BCUT2D eigenvalue weighted by Crippen LogP contribution is -2.38. The second kappa shape index (κ2) is 8.53. The molecule has 0 bridgehead atoms. The fourth-order valence-electron chi connectivity index (χ4n) is 1.53. The van der Waals surface area contributed by atoms with E-state index in [0.29, 0.717) is 19.6 Å². The number of nitrogens with one attached hydrogen (secondary N) is 1. The summed E-state index contributed by atoms with van der Waals surface area (Å²) in [6, 6.07) is 9.39. The Morgan fingerprint density at radius 1 is 1.33 bits per heavy atom. The number of ether oxygens (including phenoxy) is 2. The van der Waals surface area contributed by atoms with Gasteiger partial charge < -0.3 is 14.8 Å². The maximum atomic E-state index is 11.9. The fraction of sp³-hybridized carbons (Fsp3) is 0.500. The molecule has 100 valence electrons. The molecular weight excluding hydrogens is 230 g/mol. The summed E-state index contributed by atoms with van der Waals surface area (Å²) >= 11 is 0. The average Bonchev–Trinajstić information content (AvgIpc) is 2.42. The van der Waals surface area contributed by atoms with E-state index >= 15 is 0 Å². The van der Waals surface area contributed by atoms with E-state index in [1.807, 2.05) is 37.3 Å². The van der Waals surface area contributed by atoms with Gasteiger partial charge in [-0.05, 0) is 25.0 Å². The normalized spacial score (nSPS) is 11.9. The highest BCUT2D eigenvalue weighted by Crippen LogP contribution is 2.12. The minimum atomic E-state index is -0.435. The van der Waals surface area contributed by atoms with Gasteiger partial charge >= 0.3 is 0 Å². The minimum absolute atomic E-state index is 0.0718. The molecule has 0 radical (unpaired) electrons. The highest BCUT2D eigenvalue weighted by atomic mass is 16.5. The minimum Gasteiger partial charge on any atom is -0.481 e. The maximum Gasteiger partial charge on any atom is 0.261 e. The molecule has 1 aromatic rings. The molecule has 1 aromatic carbocycles. The molecule has 1 rings (SSSR count). The summed E-state index contributed by atoms with van der Waals surface area (Å²) < 4.78 is 10.6. The molecule has 0 heterocycles. The van der Waals surface area contributed by atoms with E-state index in [9.17, 15) is 4.79 Å². The molecular formula is C14H21NO3. The number of benzene rings is 1. The van der Waals surface area contributed by atoms with Crippen molar-refractivity contribution in [1.29, 1.82) is 0 Å². The van der Waals surface area contributed by atoms with E-state index in [1.165, 1.54) is 0 Å². The zero-order valence-corrected chi connectivity index (χ0v) is 11.0. The molecule has 1 amide bonds. The Kier molecular flexibility index (Phi) is 6.87. The van der Waals surface area contributed by atoms with Gasteiger partial charge in [-0.3, -0.25) is 4.79 Å². The van der Waals surface area contributed by atoms with Crippen LogP contribution < -0.4 is 10.1 Å². The summed E-state index contributed by atoms with van der Waals surface area (Å²) in [5.74, 6) is 0.647. The van der Waals surface area contributed by atoms with Gasteiger partial charge in [0.15, 0.2) is 6.10 Å². The van der Waals surface area contributed by atoms with Crippen molar-refractivity contribution < 1.29 is 14.3 Å². The van der Waals surface area contributed by atoms with Crippen LogP contribution in [0.3, 0.4) is 0 Å². The number of rotatable bonds is 8. The first-order valence-electron chi connectivity index (χ1n) is 6.26. The van der Waals surface area contributed by atoms with Crippen molar-refractivity contribution in [2.45, 2.75) is 25.9 Å². The quantitative estimate of drug-likeness (QED) is 0.719. The Morgan fingerprint density at radius 3 is 2.67 bits per heavy atom. The summed E-state index contributed by atoms with van der Waals surface area (Å²) in [6.07, 6.45) is 1.02. The van der Waals surface area contributed by atoms with Crippen molar-refractivity contribution in [3.05, 3.63) is 30.3 Å². The smallest absolute Gasteiger partial charge is 0.261 e. The molecule has 0 aliphatic heterocycles. The highest BCUT2D eigenvalue weighted by Gasteiger charge is 2.17. The average molecular weight is 251 g/mol. The van der Waals surface area contributed by atoms with E-state index in [2.05, 4.69) is 5.32 Å². The third-order valence-electron chi connectivity index (χ3n) is 2.51. The van der Waals surface area contributed by atoms with Crippen molar-refractivity contribution >= 4 is 5.91 Å². The van der Waals surface area contributed by atoms with Gasteiger partial charge in [-0.15, -0.1) is 0 Å². The molecule has 0 fully saturated rings. The van der Waals surface area contributed by atoms with Gasteiger partial charge in [0.2, 0.25) is 0 Å². The Bertz CT molecular complexity index is 340. The van der Waals surface area contributed by atoms with Crippen molar-refractivity contribution in [2.75, 3.05) is 20.3 Å². The first-order valence-corrected chi connectivity index (χ1v) is 6.26. The zero-order chi connectivity index (χ0) is 13.2. The number of carbonyl (C=O) groups is 1. The second-order valence-electron chi connectivity index (χ2n) is 3.97. The maximum absolute atomic E-state index is 11.9. The molecule has 0 aliphatic rings. The lowest BCUT2D eigenvalue weighted by molar-refractivity contribution is -0.128. The topological polar surface area (TPSA) is 47.6 Å². The number of hydrogen-bond acceptors (Lipinski definition) is 3. The van der Waals surface area contributed by atoms with Gasteiger partial charge in [-0.1, -0.05) is 25.1 Å². The van der Waals surface area contributed by atoms with E-state index in [0.717, 1.165) is 12.2 Å². The van der Waals surface area contributed by atoms with Crippen molar-refractivity contribution in [2.24, 2.45) is 0 Å². The molecule has 4 nitrogen and oxygen atoms in total. The van der Waals surface area contributed by atoms with Crippen molar-refractivity contribution in [3.63, 3.8) is 0 Å². The highest BCUT2D eigenvalue weighted by molar-refractivity contribution is 5.81. The second-order valence-corrected chi connectivity index (χ2v) is 3.97. The van der Waals surface area contributed by atoms with Crippen LogP contribution in [0.15, 0.2) is 30.3 Å². The number of amides is 1. The van der Waals surface area contributed by atoms with Gasteiger partial charge in [-0.2, -0.15) is 0 Å². The van der Waals surface area contributed by atoms with Crippen molar-refractivity contribution in [3.8, 4) is 5.75 Å². The third kappa shape index (κ3) is 5.19. The monoisotopic (exact) mass is 251 g/mol. The predicted molar refractivity (Wildman–Crippen MR) is 70.7 cm³/mol. The Labute approximate surface area is 108 Å². The first kappa shape index (κ1) is 14.5. The molecule has 0 saturated carbocycles. The summed E-state index contributed by atoms with van der Waals surface area (Å²) in [7, 11) is 1.65. The van der Waals surface area contributed by atoms with Crippen LogP contribution in [0, 0.1) is 0 Å². The lowest BCUT2D eigenvalue weighted by atomic mass is 10.2. The molecule has 1 atom stereocenters. The van der Waals surface area contributed by atoms with Crippen LogP contribution in [-0.2, 0) is 9.53 Å². The van der Waals surface area contributed by atoms with Crippen LogP contribution >= 0.6 is 0 Å². The van der Waals surface area contributed by atoms with Crippen LogP contribution in [0.1, 0.15) is 19.8 Å². The molecule has 1 unspecified atom stereocenters. The molecule has 0 aromatic heterocycles. The summed E-state index contributed by atoms with van der Waals surface area (Å²) in [4.78, 5) is 11.9. The fourth-order valence-corrected chi connectivity index (χ4v) is 1.53. The lowest BCUT2D eigenvalue weighted by Gasteiger charge is -2.17. The van der Waals surface area contributed by atoms with E-state index in [4.69, 9.17) is 9.47 Å². The largest absolute Gasteiger partial charge is 0.481 e. The van der Waals surface area contributed by atoms with Crippen molar-refractivity contribution in [1.82, 2.24) is 5.32 Å². The zero-order valence-electron chi connectivity index (χ0n) is 11.0. The standard InChI is InChI=1S/C14H21NO3/c1-3-13(14(16)15-10-7-11-17-2)18-12-8-5-4-6-9-12/h4-6,8-9,13H,3,7,10-11H2,1-2H3,(H,15,16).